The van der Waals surface area contributed by atoms with Gasteiger partial charge in [0.2, 0.25) is 0 Å². The molecule has 100 valence electrons. The maximum absolute atomic E-state index is 9.79. The molecule has 1 aromatic carbocycles. The zero-order valence-corrected chi connectivity index (χ0v) is 11.2. The molecule has 2 aromatic rings. The number of methoxy groups -OCH3 is 1. The molecule has 0 aliphatic rings. The lowest BCUT2D eigenvalue weighted by Crippen LogP contribution is -2.01. The maximum atomic E-state index is 9.79. The lowest BCUT2D eigenvalue weighted by atomic mass is 10.1. The summed E-state index contributed by atoms with van der Waals surface area (Å²) in [7, 11) is 1.50. The normalized spacial score (nSPS) is 10.7. The van der Waals surface area contributed by atoms with E-state index in [1.165, 1.54) is 7.11 Å². The third-order valence-electron chi connectivity index (χ3n) is 2.79. The van der Waals surface area contributed by atoms with E-state index in [2.05, 4.69) is 9.97 Å². The number of nitrogens with zero attached hydrogens (tertiary/aromatic N) is 2. The van der Waals surface area contributed by atoms with Crippen molar-refractivity contribution in [2.24, 2.45) is 0 Å². The van der Waals surface area contributed by atoms with Crippen molar-refractivity contribution in [3.05, 3.63) is 30.0 Å². The monoisotopic (exact) mass is 259 g/mol. The molecule has 0 atom stereocenters. The molecule has 5 heteroatoms. The van der Waals surface area contributed by atoms with Crippen LogP contribution in [0.25, 0.3) is 11.4 Å². The quantitative estimate of drug-likeness (QED) is 0.885. The summed E-state index contributed by atoms with van der Waals surface area (Å²) in [6, 6.07) is 6.79. The van der Waals surface area contributed by atoms with Gasteiger partial charge in [0.25, 0.3) is 0 Å². The first-order valence-corrected chi connectivity index (χ1v) is 6.03. The second-order valence-corrected chi connectivity index (χ2v) is 4.58. The van der Waals surface area contributed by atoms with Crippen molar-refractivity contribution in [1.82, 2.24) is 9.97 Å². The molecule has 3 N–H and O–H groups in total. The molecule has 0 saturated heterocycles. The van der Waals surface area contributed by atoms with Crippen molar-refractivity contribution in [2.75, 3.05) is 12.8 Å². The number of nitrogens with two attached hydrogens (primary N) is 1. The first-order valence-electron chi connectivity index (χ1n) is 6.03. The number of rotatable bonds is 3. The van der Waals surface area contributed by atoms with E-state index in [0.29, 0.717) is 23.0 Å². The van der Waals surface area contributed by atoms with Crippen LogP contribution in [0.1, 0.15) is 25.5 Å². The number of aromatic hydroxyl groups is 1. The number of hydrogen-bond donors (Lipinski definition) is 2. The van der Waals surface area contributed by atoms with Gasteiger partial charge in [-0.3, -0.25) is 0 Å². The largest absolute Gasteiger partial charge is 0.504 e. The standard InChI is InChI=1S/C14H17N3O2/c1-8(2)10-7-13(15)17-14(16-10)9-4-5-12(19-3)11(18)6-9/h4-8,18H,1-3H3,(H2,15,16,17). The van der Waals surface area contributed by atoms with Gasteiger partial charge in [0.15, 0.2) is 17.3 Å². The molecule has 0 unspecified atom stereocenters. The maximum Gasteiger partial charge on any atom is 0.161 e. The van der Waals surface area contributed by atoms with Crippen LogP contribution < -0.4 is 10.5 Å². The molecule has 0 bridgehead atoms. The average Bonchev–Trinajstić information content (AvgIpc) is 2.37. The van der Waals surface area contributed by atoms with Gasteiger partial charge in [-0.05, 0) is 24.1 Å². The Kier molecular flexibility index (Phi) is 3.55. The third-order valence-corrected chi connectivity index (χ3v) is 2.79. The Hall–Kier alpha value is -2.30. The zero-order chi connectivity index (χ0) is 14.0. The number of benzene rings is 1. The highest BCUT2D eigenvalue weighted by Gasteiger charge is 2.10. The lowest BCUT2D eigenvalue weighted by molar-refractivity contribution is 0.373. The van der Waals surface area contributed by atoms with Gasteiger partial charge in [-0.15, -0.1) is 0 Å². The van der Waals surface area contributed by atoms with Crippen LogP contribution in [-0.4, -0.2) is 22.2 Å². The van der Waals surface area contributed by atoms with Crippen LogP contribution >= 0.6 is 0 Å². The molecule has 19 heavy (non-hydrogen) atoms. The van der Waals surface area contributed by atoms with E-state index in [0.717, 1.165) is 5.69 Å². The molecule has 2 rings (SSSR count). The molecule has 0 aliphatic carbocycles. The third kappa shape index (κ3) is 2.76. The number of aromatic nitrogens is 2. The van der Waals surface area contributed by atoms with Gasteiger partial charge in [0.1, 0.15) is 5.82 Å². The first kappa shape index (κ1) is 13.1. The van der Waals surface area contributed by atoms with Crippen molar-refractivity contribution < 1.29 is 9.84 Å². The summed E-state index contributed by atoms with van der Waals surface area (Å²) >= 11 is 0. The molecule has 0 saturated carbocycles. The molecule has 0 spiro atoms. The molecule has 5 nitrogen and oxygen atoms in total. The second kappa shape index (κ2) is 5.14. The highest BCUT2D eigenvalue weighted by atomic mass is 16.5. The fourth-order valence-electron chi connectivity index (χ4n) is 1.74. The second-order valence-electron chi connectivity index (χ2n) is 4.58. The van der Waals surface area contributed by atoms with E-state index in [1.807, 2.05) is 13.8 Å². The summed E-state index contributed by atoms with van der Waals surface area (Å²) < 4.78 is 5.01. The predicted octanol–water partition coefficient (Wildman–Crippen LogP) is 2.56. The predicted molar refractivity (Wildman–Crippen MR) is 74.2 cm³/mol. The molecule has 0 aliphatic heterocycles. The Morgan fingerprint density at radius 2 is 1.95 bits per heavy atom. The van der Waals surface area contributed by atoms with Crippen LogP contribution in [-0.2, 0) is 0 Å². The fraction of sp³-hybridized carbons (Fsp3) is 0.286. The van der Waals surface area contributed by atoms with Crippen LogP contribution in [0.3, 0.4) is 0 Å². The summed E-state index contributed by atoms with van der Waals surface area (Å²) in [5, 5.41) is 9.79. The van der Waals surface area contributed by atoms with E-state index in [9.17, 15) is 5.11 Å². The molecular formula is C14H17N3O2. The number of anilines is 1. The minimum atomic E-state index is 0.0529. The van der Waals surface area contributed by atoms with Gasteiger partial charge >= 0.3 is 0 Å². The van der Waals surface area contributed by atoms with E-state index in [-0.39, 0.29) is 11.7 Å². The van der Waals surface area contributed by atoms with Crippen molar-refractivity contribution in [2.45, 2.75) is 19.8 Å². The lowest BCUT2D eigenvalue weighted by Gasteiger charge is -2.09. The zero-order valence-electron chi connectivity index (χ0n) is 11.2. The van der Waals surface area contributed by atoms with Gasteiger partial charge in [-0.1, -0.05) is 13.8 Å². The van der Waals surface area contributed by atoms with E-state index >= 15 is 0 Å². The number of nitrogen functional groups attached to an aromatic ring is 1. The molecule has 1 aromatic heterocycles. The Morgan fingerprint density at radius 1 is 1.21 bits per heavy atom. The molecule has 0 amide bonds. The Balaban J connectivity index is 2.49. The van der Waals surface area contributed by atoms with Gasteiger partial charge in [0, 0.05) is 17.3 Å². The number of ether oxygens (including phenoxy) is 1. The number of phenolic OH excluding ortho intramolecular Hbond substituents is 1. The van der Waals surface area contributed by atoms with Crippen LogP contribution in [0.4, 0.5) is 5.82 Å². The van der Waals surface area contributed by atoms with Gasteiger partial charge < -0.3 is 15.6 Å². The van der Waals surface area contributed by atoms with Crippen LogP contribution in [0.15, 0.2) is 24.3 Å². The van der Waals surface area contributed by atoms with Crippen molar-refractivity contribution in [1.29, 1.82) is 0 Å². The number of hydrogen-bond acceptors (Lipinski definition) is 5. The molecule has 0 radical (unpaired) electrons. The Morgan fingerprint density at radius 3 is 2.53 bits per heavy atom. The minimum Gasteiger partial charge on any atom is -0.504 e. The van der Waals surface area contributed by atoms with Crippen LogP contribution in [0, 0.1) is 0 Å². The van der Waals surface area contributed by atoms with Crippen molar-refractivity contribution >= 4 is 5.82 Å². The van der Waals surface area contributed by atoms with Gasteiger partial charge in [-0.2, -0.15) is 0 Å². The number of phenols is 1. The minimum absolute atomic E-state index is 0.0529. The molecule has 0 fully saturated rings. The smallest absolute Gasteiger partial charge is 0.161 e. The van der Waals surface area contributed by atoms with Crippen molar-refractivity contribution in [3.63, 3.8) is 0 Å². The molecular weight excluding hydrogens is 242 g/mol. The van der Waals surface area contributed by atoms with Crippen LogP contribution in [0.5, 0.6) is 11.5 Å². The molecule has 1 heterocycles. The van der Waals surface area contributed by atoms with Crippen LogP contribution in [0.2, 0.25) is 0 Å². The van der Waals surface area contributed by atoms with Gasteiger partial charge in [0.05, 0.1) is 7.11 Å². The summed E-state index contributed by atoms with van der Waals surface area (Å²) in [5.41, 5.74) is 7.36. The fourth-order valence-corrected chi connectivity index (χ4v) is 1.74. The SMILES string of the molecule is COc1ccc(-c2nc(N)cc(C(C)C)n2)cc1O. The first-order chi connectivity index (χ1) is 9.01. The topological polar surface area (TPSA) is 81.3 Å². The average molecular weight is 259 g/mol. The summed E-state index contributed by atoms with van der Waals surface area (Å²) in [6.07, 6.45) is 0. The Bertz CT molecular complexity index is 597. The van der Waals surface area contributed by atoms with E-state index in [4.69, 9.17) is 10.5 Å². The highest BCUT2D eigenvalue weighted by Crippen LogP contribution is 2.30. The van der Waals surface area contributed by atoms with E-state index in [1.54, 1.807) is 24.3 Å². The Labute approximate surface area is 112 Å². The summed E-state index contributed by atoms with van der Waals surface area (Å²) in [5.74, 6) is 1.65. The van der Waals surface area contributed by atoms with Crippen molar-refractivity contribution in [3.8, 4) is 22.9 Å². The highest BCUT2D eigenvalue weighted by molar-refractivity contribution is 5.62. The van der Waals surface area contributed by atoms with E-state index < -0.39 is 0 Å². The summed E-state index contributed by atoms with van der Waals surface area (Å²) in [4.78, 5) is 8.65. The summed E-state index contributed by atoms with van der Waals surface area (Å²) in [6.45, 7) is 4.08. The van der Waals surface area contributed by atoms with Gasteiger partial charge in [-0.25, -0.2) is 9.97 Å².